The smallest absolute Gasteiger partial charge is 0.151 e. The van der Waals surface area contributed by atoms with Crippen molar-refractivity contribution in [2.24, 2.45) is 0 Å². The van der Waals surface area contributed by atoms with E-state index in [-0.39, 0.29) is 6.04 Å². The van der Waals surface area contributed by atoms with Crippen molar-refractivity contribution in [2.45, 2.75) is 25.3 Å². The fourth-order valence-corrected chi connectivity index (χ4v) is 3.81. The Balaban J connectivity index is 2.35. The van der Waals surface area contributed by atoms with Crippen molar-refractivity contribution in [2.75, 3.05) is 38.7 Å². The van der Waals surface area contributed by atoms with Gasteiger partial charge in [0.15, 0.2) is 9.84 Å². The number of hydrogen-bond donors (Lipinski definition) is 1. The highest BCUT2D eigenvalue weighted by atomic mass is 32.2. The molecule has 90 valence electrons. The quantitative estimate of drug-likeness (QED) is 0.686. The Kier molecular flexibility index (Phi) is 5.02. The third-order valence-corrected chi connectivity index (χ3v) is 4.80. The van der Waals surface area contributed by atoms with Crippen LogP contribution in [0.15, 0.2) is 0 Å². The molecule has 0 radical (unpaired) electrons. The van der Waals surface area contributed by atoms with Crippen LogP contribution >= 0.6 is 0 Å². The Hall–Kier alpha value is -0.130. The van der Waals surface area contributed by atoms with Crippen LogP contribution in [0.25, 0.3) is 0 Å². The summed E-state index contributed by atoms with van der Waals surface area (Å²) in [7, 11) is 1.20. The Bertz CT molecular complexity index is 277. The first-order valence-electron chi connectivity index (χ1n) is 5.60. The van der Waals surface area contributed by atoms with Crippen LogP contribution < -0.4 is 5.32 Å². The Morgan fingerprint density at radius 2 is 2.20 bits per heavy atom. The predicted octanol–water partition coefficient (Wildman–Crippen LogP) is 0.105. The van der Waals surface area contributed by atoms with Crippen LogP contribution in [0.3, 0.4) is 0 Å². The minimum atomic E-state index is -2.76. The zero-order valence-electron chi connectivity index (χ0n) is 9.70. The summed E-state index contributed by atoms with van der Waals surface area (Å²) >= 11 is 0. The highest BCUT2D eigenvalue weighted by molar-refractivity contribution is 7.91. The first kappa shape index (κ1) is 12.9. The maximum absolute atomic E-state index is 11.5. The summed E-state index contributed by atoms with van der Waals surface area (Å²) in [6, 6.07) is 0.237. The van der Waals surface area contributed by atoms with E-state index in [0.29, 0.717) is 11.5 Å². The van der Waals surface area contributed by atoms with Gasteiger partial charge in [0.05, 0.1) is 11.5 Å². The van der Waals surface area contributed by atoms with Crippen LogP contribution in [-0.4, -0.2) is 58.1 Å². The molecule has 0 saturated carbocycles. The van der Waals surface area contributed by atoms with E-state index in [1.54, 1.807) is 0 Å². The molecule has 0 aliphatic carbocycles. The molecule has 5 heteroatoms. The Morgan fingerprint density at radius 1 is 1.47 bits per heavy atom. The normalized spacial score (nSPS) is 25.7. The molecule has 0 amide bonds. The second-order valence-corrected chi connectivity index (χ2v) is 6.58. The molecular formula is C10H22N2O2S. The topological polar surface area (TPSA) is 49.4 Å². The van der Waals surface area contributed by atoms with E-state index >= 15 is 0 Å². The lowest BCUT2D eigenvalue weighted by Crippen LogP contribution is -2.42. The van der Waals surface area contributed by atoms with Gasteiger partial charge in [0.25, 0.3) is 0 Å². The van der Waals surface area contributed by atoms with Crippen molar-refractivity contribution in [3.63, 3.8) is 0 Å². The van der Waals surface area contributed by atoms with E-state index < -0.39 is 9.84 Å². The second-order valence-electron chi connectivity index (χ2n) is 4.35. The molecule has 1 rings (SSSR count). The lowest BCUT2D eigenvalue weighted by Gasteiger charge is -2.30. The highest BCUT2D eigenvalue weighted by Gasteiger charge is 2.26. The largest absolute Gasteiger partial charge is 0.320 e. The molecule has 0 aromatic rings. The molecule has 1 aliphatic heterocycles. The molecule has 0 bridgehead atoms. The van der Waals surface area contributed by atoms with Crippen molar-refractivity contribution < 1.29 is 8.42 Å². The van der Waals surface area contributed by atoms with E-state index in [4.69, 9.17) is 0 Å². The lowest BCUT2D eigenvalue weighted by molar-refractivity contribution is 0.239. The van der Waals surface area contributed by atoms with E-state index in [0.717, 1.165) is 32.4 Å². The van der Waals surface area contributed by atoms with Crippen molar-refractivity contribution in [1.82, 2.24) is 10.2 Å². The van der Waals surface area contributed by atoms with Gasteiger partial charge in [0, 0.05) is 6.04 Å². The zero-order valence-corrected chi connectivity index (χ0v) is 10.5. The molecule has 1 atom stereocenters. The predicted molar refractivity (Wildman–Crippen MR) is 62.8 cm³/mol. The van der Waals surface area contributed by atoms with Crippen LogP contribution in [0.5, 0.6) is 0 Å². The number of nitrogens with zero attached hydrogens (tertiary/aromatic N) is 1. The summed E-state index contributed by atoms with van der Waals surface area (Å²) in [5, 5.41) is 3.10. The number of nitrogens with one attached hydrogen (secondary N) is 1. The molecule has 1 unspecified atom stereocenters. The minimum absolute atomic E-state index is 0.237. The van der Waals surface area contributed by atoms with E-state index in [1.807, 2.05) is 14.1 Å². The average Bonchev–Trinajstić information content (AvgIpc) is 2.16. The molecule has 0 aromatic heterocycles. The summed E-state index contributed by atoms with van der Waals surface area (Å²) in [4.78, 5) is 2.19. The third kappa shape index (κ3) is 4.49. The lowest BCUT2D eigenvalue weighted by atomic mass is 10.1. The monoisotopic (exact) mass is 234 g/mol. The second kappa shape index (κ2) is 5.82. The highest BCUT2D eigenvalue weighted by Crippen LogP contribution is 2.16. The SMILES string of the molecule is CNCCCN(C)C1CCCS(=O)(=O)C1. The summed E-state index contributed by atoms with van der Waals surface area (Å²) in [5.74, 6) is 0.733. The van der Waals surface area contributed by atoms with Gasteiger partial charge in [-0.25, -0.2) is 8.42 Å². The fourth-order valence-electron chi connectivity index (χ4n) is 2.03. The number of hydrogen-bond acceptors (Lipinski definition) is 4. The Morgan fingerprint density at radius 3 is 2.80 bits per heavy atom. The van der Waals surface area contributed by atoms with E-state index in [2.05, 4.69) is 10.2 Å². The first-order valence-corrected chi connectivity index (χ1v) is 7.42. The molecule has 1 heterocycles. The van der Waals surface area contributed by atoms with Crippen molar-refractivity contribution in [3.8, 4) is 0 Å². The van der Waals surface area contributed by atoms with Crippen LogP contribution in [0, 0.1) is 0 Å². The van der Waals surface area contributed by atoms with Gasteiger partial charge in [-0.3, -0.25) is 0 Å². The summed E-state index contributed by atoms with van der Waals surface area (Å²) in [5.41, 5.74) is 0. The van der Waals surface area contributed by atoms with Gasteiger partial charge < -0.3 is 10.2 Å². The molecule has 0 aromatic carbocycles. The van der Waals surface area contributed by atoms with Gasteiger partial charge >= 0.3 is 0 Å². The molecule has 15 heavy (non-hydrogen) atoms. The minimum Gasteiger partial charge on any atom is -0.320 e. The molecular weight excluding hydrogens is 212 g/mol. The zero-order chi connectivity index (χ0) is 11.3. The van der Waals surface area contributed by atoms with Crippen molar-refractivity contribution in [1.29, 1.82) is 0 Å². The maximum atomic E-state index is 11.5. The Labute approximate surface area is 93.0 Å². The molecule has 1 N–H and O–H groups in total. The van der Waals surface area contributed by atoms with Crippen LogP contribution in [0.4, 0.5) is 0 Å². The average molecular weight is 234 g/mol. The van der Waals surface area contributed by atoms with Crippen molar-refractivity contribution >= 4 is 9.84 Å². The van der Waals surface area contributed by atoms with E-state index in [1.165, 1.54) is 0 Å². The van der Waals surface area contributed by atoms with Crippen LogP contribution in [-0.2, 0) is 9.84 Å². The summed E-state index contributed by atoms with van der Waals surface area (Å²) in [6.45, 7) is 1.96. The van der Waals surface area contributed by atoms with Gasteiger partial charge in [0.1, 0.15) is 0 Å². The van der Waals surface area contributed by atoms with E-state index in [9.17, 15) is 8.42 Å². The van der Waals surface area contributed by atoms with Gasteiger partial charge in [-0.15, -0.1) is 0 Å². The molecule has 4 nitrogen and oxygen atoms in total. The molecule has 1 fully saturated rings. The molecule has 1 aliphatic rings. The molecule has 1 saturated heterocycles. The standard InChI is InChI=1S/C10H22N2O2S/c1-11-6-4-7-12(2)10-5-3-8-15(13,14)9-10/h10-11H,3-9H2,1-2H3. The molecule has 0 spiro atoms. The number of rotatable bonds is 5. The summed E-state index contributed by atoms with van der Waals surface area (Å²) < 4.78 is 22.9. The van der Waals surface area contributed by atoms with Gasteiger partial charge in [-0.2, -0.15) is 0 Å². The van der Waals surface area contributed by atoms with Crippen molar-refractivity contribution in [3.05, 3.63) is 0 Å². The summed E-state index contributed by atoms with van der Waals surface area (Å²) in [6.07, 6.45) is 2.92. The van der Waals surface area contributed by atoms with Gasteiger partial charge in [-0.1, -0.05) is 0 Å². The van der Waals surface area contributed by atoms with Crippen LogP contribution in [0.1, 0.15) is 19.3 Å². The fraction of sp³-hybridized carbons (Fsp3) is 1.00. The first-order chi connectivity index (χ1) is 7.05. The maximum Gasteiger partial charge on any atom is 0.151 e. The van der Waals surface area contributed by atoms with Crippen LogP contribution in [0.2, 0.25) is 0 Å². The van der Waals surface area contributed by atoms with Gasteiger partial charge in [-0.05, 0) is 46.4 Å². The van der Waals surface area contributed by atoms with Gasteiger partial charge in [0.2, 0.25) is 0 Å². The third-order valence-electron chi connectivity index (χ3n) is 3.00. The number of sulfone groups is 1.